The third-order valence-corrected chi connectivity index (χ3v) is 5.96. The van der Waals surface area contributed by atoms with Crippen LogP contribution in [0.2, 0.25) is 0 Å². The van der Waals surface area contributed by atoms with Gasteiger partial charge in [-0.25, -0.2) is 14.6 Å². The highest BCUT2D eigenvalue weighted by Crippen LogP contribution is 2.38. The van der Waals surface area contributed by atoms with Gasteiger partial charge in [0.25, 0.3) is 5.91 Å². The number of esters is 1. The zero-order chi connectivity index (χ0) is 25.1. The summed E-state index contributed by atoms with van der Waals surface area (Å²) in [6.45, 7) is 1.34. The second kappa shape index (κ2) is 10.1. The number of rotatable bonds is 5. The van der Waals surface area contributed by atoms with Crippen molar-refractivity contribution in [3.8, 4) is 11.5 Å². The highest BCUT2D eigenvalue weighted by Gasteiger charge is 2.27. The van der Waals surface area contributed by atoms with E-state index in [9.17, 15) is 14.4 Å². The first kappa shape index (κ1) is 23.3. The molecule has 36 heavy (non-hydrogen) atoms. The molecule has 5 rings (SSSR count). The summed E-state index contributed by atoms with van der Waals surface area (Å²) >= 11 is 0. The van der Waals surface area contributed by atoms with Crippen LogP contribution in [0.3, 0.4) is 0 Å². The molecule has 1 aromatic heterocycles. The minimum Gasteiger partial charge on any atom is -0.454 e. The van der Waals surface area contributed by atoms with E-state index in [4.69, 9.17) is 19.2 Å². The lowest BCUT2D eigenvalue weighted by Gasteiger charge is -2.22. The topological polar surface area (TPSA) is 113 Å². The van der Waals surface area contributed by atoms with Crippen molar-refractivity contribution in [3.63, 3.8) is 0 Å². The zero-order valence-corrected chi connectivity index (χ0v) is 19.7. The fourth-order valence-corrected chi connectivity index (χ4v) is 4.43. The molecule has 0 saturated heterocycles. The van der Waals surface area contributed by atoms with Crippen molar-refractivity contribution >= 4 is 40.5 Å². The SMILES string of the molecule is CCOC(=O)NC(=O)COC(=O)c1c2c(nc3ccccc13)/C(=C/c1ccc3c(c1)OCO3)CCC2. The quantitative estimate of drug-likeness (QED) is 0.530. The van der Waals surface area contributed by atoms with Gasteiger partial charge in [-0.3, -0.25) is 10.1 Å². The Hall–Kier alpha value is -4.40. The minimum atomic E-state index is -0.886. The smallest absolute Gasteiger partial charge is 0.413 e. The van der Waals surface area contributed by atoms with E-state index in [0.717, 1.165) is 35.2 Å². The summed E-state index contributed by atoms with van der Waals surface area (Å²) in [4.78, 5) is 41.6. The van der Waals surface area contributed by atoms with Crippen LogP contribution in [0.1, 0.15) is 46.9 Å². The molecule has 1 aliphatic carbocycles. The first-order valence-electron chi connectivity index (χ1n) is 11.7. The van der Waals surface area contributed by atoms with E-state index in [1.54, 1.807) is 6.92 Å². The van der Waals surface area contributed by atoms with Crippen molar-refractivity contribution in [1.29, 1.82) is 0 Å². The minimum absolute atomic E-state index is 0.121. The predicted octanol–water partition coefficient (Wildman–Crippen LogP) is 4.27. The number of allylic oxidation sites excluding steroid dienone is 1. The maximum absolute atomic E-state index is 13.2. The predicted molar refractivity (Wildman–Crippen MR) is 131 cm³/mol. The number of hydrogen-bond acceptors (Lipinski definition) is 8. The molecule has 184 valence electrons. The van der Waals surface area contributed by atoms with Crippen LogP contribution in [0, 0.1) is 0 Å². The Morgan fingerprint density at radius 1 is 1.06 bits per heavy atom. The standard InChI is InChI=1S/C27H24N2O7/c1-2-33-27(32)29-23(30)14-34-26(31)24-18-7-3-4-9-20(18)28-25-17(6-5-8-19(24)25)12-16-10-11-21-22(13-16)36-15-35-21/h3-4,7,9-13H,2,5-6,8,14-15H2,1H3,(H,29,30,32)/b17-12+. The number of amides is 2. The van der Waals surface area contributed by atoms with Gasteiger partial charge in [0.05, 0.1) is 23.4 Å². The second-order valence-electron chi connectivity index (χ2n) is 8.31. The zero-order valence-electron chi connectivity index (χ0n) is 19.7. The number of benzene rings is 2. The highest BCUT2D eigenvalue weighted by atomic mass is 16.7. The van der Waals surface area contributed by atoms with Crippen LogP contribution in [0.4, 0.5) is 4.79 Å². The lowest BCUT2D eigenvalue weighted by Crippen LogP contribution is -2.34. The molecule has 2 amide bonds. The van der Waals surface area contributed by atoms with E-state index in [1.807, 2.05) is 53.9 Å². The number of ether oxygens (including phenoxy) is 4. The third kappa shape index (κ3) is 4.72. The second-order valence-corrected chi connectivity index (χ2v) is 8.31. The summed E-state index contributed by atoms with van der Waals surface area (Å²) in [5, 5.41) is 2.67. The van der Waals surface area contributed by atoms with Gasteiger partial charge in [-0.05, 0) is 67.2 Å². The van der Waals surface area contributed by atoms with Crippen LogP contribution >= 0.6 is 0 Å². The van der Waals surface area contributed by atoms with E-state index < -0.39 is 24.6 Å². The molecule has 2 aromatic carbocycles. The van der Waals surface area contributed by atoms with Gasteiger partial charge in [-0.2, -0.15) is 0 Å². The molecule has 0 fully saturated rings. The van der Waals surface area contributed by atoms with E-state index in [1.165, 1.54) is 0 Å². The van der Waals surface area contributed by atoms with Crippen LogP contribution in [0.25, 0.3) is 22.6 Å². The molecule has 1 N–H and O–H groups in total. The first-order chi connectivity index (χ1) is 17.5. The van der Waals surface area contributed by atoms with E-state index in [0.29, 0.717) is 34.4 Å². The van der Waals surface area contributed by atoms with Crippen LogP contribution in [-0.4, -0.2) is 43.0 Å². The number of carbonyl (C=O) groups excluding carboxylic acids is 3. The molecule has 0 atom stereocenters. The normalized spacial score (nSPS) is 14.9. The molecule has 2 aliphatic rings. The maximum Gasteiger partial charge on any atom is 0.413 e. The van der Waals surface area contributed by atoms with Gasteiger partial charge in [0.1, 0.15) is 0 Å². The number of fused-ring (bicyclic) bond motifs is 3. The third-order valence-electron chi connectivity index (χ3n) is 5.96. The number of carbonyl (C=O) groups is 3. The summed E-state index contributed by atoms with van der Waals surface area (Å²) in [6.07, 6.45) is 3.42. The van der Waals surface area contributed by atoms with Gasteiger partial charge in [0, 0.05) is 5.39 Å². The number of nitrogens with zero attached hydrogens (tertiary/aromatic N) is 1. The Balaban J connectivity index is 1.48. The first-order valence-corrected chi connectivity index (χ1v) is 11.7. The van der Waals surface area contributed by atoms with Crippen molar-refractivity contribution in [2.75, 3.05) is 20.0 Å². The van der Waals surface area contributed by atoms with E-state index >= 15 is 0 Å². The molecule has 2 heterocycles. The number of pyridine rings is 1. The molecule has 0 unspecified atom stereocenters. The fourth-order valence-electron chi connectivity index (χ4n) is 4.43. The van der Waals surface area contributed by atoms with Crippen molar-refractivity contribution in [2.24, 2.45) is 0 Å². The molecule has 9 heteroatoms. The summed E-state index contributed by atoms with van der Waals surface area (Å²) < 4.78 is 20.9. The number of hydrogen-bond donors (Lipinski definition) is 1. The lowest BCUT2D eigenvalue weighted by atomic mass is 9.86. The number of alkyl carbamates (subject to hydrolysis) is 1. The molecule has 0 bridgehead atoms. The van der Waals surface area contributed by atoms with Gasteiger partial charge >= 0.3 is 12.1 Å². The van der Waals surface area contributed by atoms with Crippen LogP contribution < -0.4 is 14.8 Å². The number of nitrogens with one attached hydrogen (secondary N) is 1. The fraction of sp³-hybridized carbons (Fsp3) is 0.259. The molecule has 0 radical (unpaired) electrons. The van der Waals surface area contributed by atoms with Crippen LogP contribution in [-0.2, 0) is 20.7 Å². The molecular weight excluding hydrogens is 464 g/mol. The molecule has 0 saturated carbocycles. The highest BCUT2D eigenvalue weighted by molar-refractivity contribution is 6.07. The molecule has 3 aromatic rings. The van der Waals surface area contributed by atoms with E-state index in [-0.39, 0.29) is 13.4 Å². The van der Waals surface area contributed by atoms with Crippen molar-refractivity contribution in [1.82, 2.24) is 10.3 Å². The largest absolute Gasteiger partial charge is 0.454 e. The van der Waals surface area contributed by atoms with Gasteiger partial charge in [-0.1, -0.05) is 24.3 Å². The summed E-state index contributed by atoms with van der Waals surface area (Å²) in [6, 6.07) is 13.1. The average molecular weight is 488 g/mol. The number of para-hydroxylation sites is 1. The molecular formula is C27H24N2O7. The van der Waals surface area contributed by atoms with Crippen molar-refractivity contribution < 1.29 is 33.3 Å². The monoisotopic (exact) mass is 488 g/mol. The Bertz CT molecular complexity index is 1400. The molecule has 9 nitrogen and oxygen atoms in total. The Morgan fingerprint density at radius 3 is 2.75 bits per heavy atom. The van der Waals surface area contributed by atoms with Gasteiger partial charge in [0.15, 0.2) is 18.1 Å². The van der Waals surface area contributed by atoms with Gasteiger partial charge < -0.3 is 18.9 Å². The lowest BCUT2D eigenvalue weighted by molar-refractivity contribution is -0.123. The number of aromatic nitrogens is 1. The Morgan fingerprint density at radius 2 is 1.89 bits per heavy atom. The summed E-state index contributed by atoms with van der Waals surface area (Å²) in [5.74, 6) is -0.00911. The summed E-state index contributed by atoms with van der Waals surface area (Å²) in [7, 11) is 0. The maximum atomic E-state index is 13.2. The molecule has 0 spiro atoms. The van der Waals surface area contributed by atoms with Gasteiger partial charge in [0.2, 0.25) is 6.79 Å². The molecule has 1 aliphatic heterocycles. The van der Waals surface area contributed by atoms with E-state index in [2.05, 4.69) is 4.74 Å². The Labute approximate surface area is 207 Å². The Kier molecular flexibility index (Phi) is 6.53. The summed E-state index contributed by atoms with van der Waals surface area (Å²) in [5.41, 5.74) is 4.49. The average Bonchev–Trinajstić information content (AvgIpc) is 3.34. The van der Waals surface area contributed by atoms with Crippen molar-refractivity contribution in [2.45, 2.75) is 26.2 Å². The number of imide groups is 1. The van der Waals surface area contributed by atoms with Crippen molar-refractivity contribution in [3.05, 3.63) is 64.8 Å². The van der Waals surface area contributed by atoms with Crippen LogP contribution in [0.15, 0.2) is 42.5 Å². The van der Waals surface area contributed by atoms with Gasteiger partial charge in [-0.15, -0.1) is 0 Å². The van der Waals surface area contributed by atoms with Crippen LogP contribution in [0.5, 0.6) is 11.5 Å².